The van der Waals surface area contributed by atoms with E-state index in [4.69, 9.17) is 9.47 Å². The van der Waals surface area contributed by atoms with Crippen LogP contribution in [0.1, 0.15) is 55.8 Å². The van der Waals surface area contributed by atoms with Crippen LogP contribution >= 0.6 is 0 Å². The van der Waals surface area contributed by atoms with Gasteiger partial charge in [0.1, 0.15) is 17.1 Å². The Morgan fingerprint density at radius 2 is 1.81 bits per heavy atom. The molecule has 0 bridgehead atoms. The highest BCUT2D eigenvalue weighted by atomic mass is 16.5. The van der Waals surface area contributed by atoms with Crippen molar-refractivity contribution < 1.29 is 14.3 Å². The van der Waals surface area contributed by atoms with E-state index in [1.807, 2.05) is 50.2 Å². The average Bonchev–Trinajstić information content (AvgIpc) is 2.65. The first-order valence-electron chi connectivity index (χ1n) is 9.73. The van der Waals surface area contributed by atoms with Gasteiger partial charge < -0.3 is 14.8 Å². The maximum atomic E-state index is 12.6. The van der Waals surface area contributed by atoms with Crippen molar-refractivity contribution in [1.82, 2.24) is 5.32 Å². The van der Waals surface area contributed by atoms with Gasteiger partial charge in [-0.15, -0.1) is 0 Å². The van der Waals surface area contributed by atoms with Gasteiger partial charge in [0.25, 0.3) is 5.91 Å². The van der Waals surface area contributed by atoms with Crippen molar-refractivity contribution in [1.29, 1.82) is 0 Å². The molecule has 0 aliphatic carbocycles. The zero-order valence-electron chi connectivity index (χ0n) is 16.7. The van der Waals surface area contributed by atoms with Gasteiger partial charge in [0.15, 0.2) is 6.61 Å². The number of hydrogen-bond acceptors (Lipinski definition) is 3. The molecule has 1 aliphatic rings. The summed E-state index contributed by atoms with van der Waals surface area (Å²) in [5, 5.41) is 3.15. The molecule has 0 radical (unpaired) electrons. The minimum absolute atomic E-state index is 0.00761. The second-order valence-corrected chi connectivity index (χ2v) is 7.47. The van der Waals surface area contributed by atoms with Crippen molar-refractivity contribution in [2.45, 2.75) is 58.6 Å². The van der Waals surface area contributed by atoms with Crippen LogP contribution in [0.2, 0.25) is 0 Å². The molecule has 0 saturated heterocycles. The number of nitrogens with one attached hydrogen (secondary N) is 1. The van der Waals surface area contributed by atoms with Gasteiger partial charge in [-0.25, -0.2) is 0 Å². The Balaban J connectivity index is 1.70. The summed E-state index contributed by atoms with van der Waals surface area (Å²) in [5.41, 5.74) is 3.05. The third kappa shape index (κ3) is 4.44. The van der Waals surface area contributed by atoms with Gasteiger partial charge in [-0.05, 0) is 56.0 Å². The standard InChI is InChI=1S/C23H29NO3/c1-5-23(6-2)14-20(19-9-7-8-10-21(19)27-23)24-22(25)15-26-18-12-16(3)11-17(4)13-18/h7-13,20H,5-6,14-15H2,1-4H3,(H,24,25). The highest BCUT2D eigenvalue weighted by Crippen LogP contribution is 2.42. The van der Waals surface area contributed by atoms with E-state index >= 15 is 0 Å². The number of ether oxygens (including phenoxy) is 2. The van der Waals surface area contributed by atoms with Crippen LogP contribution in [0.25, 0.3) is 0 Å². The molecule has 0 saturated carbocycles. The fourth-order valence-electron chi connectivity index (χ4n) is 3.83. The maximum absolute atomic E-state index is 12.6. The molecule has 2 aromatic rings. The number of carbonyl (C=O) groups excluding carboxylic acids is 1. The van der Waals surface area contributed by atoms with Gasteiger partial charge >= 0.3 is 0 Å². The second kappa shape index (κ2) is 8.03. The van der Waals surface area contributed by atoms with Crippen LogP contribution in [-0.2, 0) is 4.79 Å². The molecule has 0 spiro atoms. The first kappa shape index (κ1) is 19.3. The van der Waals surface area contributed by atoms with Crippen LogP contribution < -0.4 is 14.8 Å². The molecule has 1 heterocycles. The smallest absolute Gasteiger partial charge is 0.258 e. The molecule has 1 aliphatic heterocycles. The number of hydrogen-bond donors (Lipinski definition) is 1. The van der Waals surface area contributed by atoms with Crippen LogP contribution in [0.5, 0.6) is 11.5 Å². The summed E-state index contributed by atoms with van der Waals surface area (Å²) >= 11 is 0. The maximum Gasteiger partial charge on any atom is 0.258 e. The van der Waals surface area contributed by atoms with Crippen LogP contribution in [0.15, 0.2) is 42.5 Å². The van der Waals surface area contributed by atoms with Crippen molar-refractivity contribution in [2.24, 2.45) is 0 Å². The Morgan fingerprint density at radius 1 is 1.15 bits per heavy atom. The SMILES string of the molecule is CCC1(CC)CC(NC(=O)COc2cc(C)cc(C)c2)c2ccccc2O1. The number of rotatable bonds is 6. The van der Waals surface area contributed by atoms with E-state index in [0.717, 1.165) is 47.5 Å². The minimum Gasteiger partial charge on any atom is -0.487 e. The van der Waals surface area contributed by atoms with E-state index in [1.165, 1.54) is 0 Å². The van der Waals surface area contributed by atoms with Crippen LogP contribution in [0, 0.1) is 13.8 Å². The van der Waals surface area contributed by atoms with E-state index in [2.05, 4.69) is 25.2 Å². The van der Waals surface area contributed by atoms with Gasteiger partial charge in [0.2, 0.25) is 0 Å². The third-order valence-electron chi connectivity index (χ3n) is 5.39. The first-order valence-corrected chi connectivity index (χ1v) is 9.73. The molecular weight excluding hydrogens is 338 g/mol. The number of aryl methyl sites for hydroxylation is 2. The molecule has 0 fully saturated rings. The van der Waals surface area contributed by atoms with Crippen molar-refractivity contribution in [3.8, 4) is 11.5 Å². The fraction of sp³-hybridized carbons (Fsp3) is 0.435. The lowest BCUT2D eigenvalue weighted by Gasteiger charge is -2.41. The normalized spacial score (nSPS) is 17.6. The first-order chi connectivity index (χ1) is 12.9. The van der Waals surface area contributed by atoms with E-state index in [-0.39, 0.29) is 24.2 Å². The summed E-state index contributed by atoms with van der Waals surface area (Å²) in [4.78, 5) is 12.6. The van der Waals surface area contributed by atoms with Crippen molar-refractivity contribution >= 4 is 5.91 Å². The van der Waals surface area contributed by atoms with Crippen molar-refractivity contribution in [3.63, 3.8) is 0 Å². The Labute approximate surface area is 161 Å². The monoisotopic (exact) mass is 367 g/mol. The summed E-state index contributed by atoms with van der Waals surface area (Å²) in [6.07, 6.45) is 2.58. The molecule has 1 unspecified atom stereocenters. The van der Waals surface area contributed by atoms with Crippen molar-refractivity contribution in [2.75, 3.05) is 6.61 Å². The molecule has 0 aromatic heterocycles. The predicted molar refractivity (Wildman–Crippen MR) is 107 cm³/mol. The lowest BCUT2D eigenvalue weighted by Crippen LogP contribution is -2.45. The molecule has 3 rings (SSSR count). The topological polar surface area (TPSA) is 47.6 Å². The Morgan fingerprint density at radius 3 is 2.48 bits per heavy atom. The molecule has 4 heteroatoms. The van der Waals surface area contributed by atoms with Crippen LogP contribution in [-0.4, -0.2) is 18.1 Å². The highest BCUT2D eigenvalue weighted by molar-refractivity contribution is 5.78. The molecule has 2 aromatic carbocycles. The average molecular weight is 367 g/mol. The van der Waals surface area contributed by atoms with Gasteiger partial charge in [0.05, 0.1) is 6.04 Å². The highest BCUT2D eigenvalue weighted by Gasteiger charge is 2.38. The lowest BCUT2D eigenvalue weighted by molar-refractivity contribution is -0.124. The predicted octanol–water partition coefficient (Wildman–Crippen LogP) is 4.88. The summed E-state index contributed by atoms with van der Waals surface area (Å²) in [6, 6.07) is 13.9. The van der Waals surface area contributed by atoms with E-state index in [0.29, 0.717) is 0 Å². The summed E-state index contributed by atoms with van der Waals surface area (Å²) in [6.45, 7) is 8.33. The van der Waals surface area contributed by atoms with E-state index in [1.54, 1.807) is 0 Å². The Kier molecular flexibility index (Phi) is 5.73. The zero-order chi connectivity index (χ0) is 19.4. The Bertz CT molecular complexity index is 791. The third-order valence-corrected chi connectivity index (χ3v) is 5.39. The molecular formula is C23H29NO3. The summed E-state index contributed by atoms with van der Waals surface area (Å²) in [7, 11) is 0. The molecule has 1 atom stereocenters. The number of carbonyl (C=O) groups is 1. The summed E-state index contributed by atoms with van der Waals surface area (Å²) in [5.74, 6) is 1.48. The number of amides is 1. The molecule has 1 N–H and O–H groups in total. The number of fused-ring (bicyclic) bond motifs is 1. The molecule has 1 amide bonds. The summed E-state index contributed by atoms with van der Waals surface area (Å²) < 4.78 is 12.0. The van der Waals surface area contributed by atoms with Crippen LogP contribution in [0.3, 0.4) is 0 Å². The van der Waals surface area contributed by atoms with Crippen LogP contribution in [0.4, 0.5) is 0 Å². The zero-order valence-corrected chi connectivity index (χ0v) is 16.7. The van der Waals surface area contributed by atoms with E-state index < -0.39 is 0 Å². The minimum atomic E-state index is -0.235. The van der Waals surface area contributed by atoms with E-state index in [9.17, 15) is 4.79 Å². The molecule has 144 valence electrons. The van der Waals surface area contributed by atoms with Gasteiger partial charge in [-0.2, -0.15) is 0 Å². The number of benzene rings is 2. The largest absolute Gasteiger partial charge is 0.487 e. The van der Waals surface area contributed by atoms with Gasteiger partial charge in [-0.1, -0.05) is 38.1 Å². The van der Waals surface area contributed by atoms with Gasteiger partial charge in [-0.3, -0.25) is 4.79 Å². The fourth-order valence-corrected chi connectivity index (χ4v) is 3.83. The Hall–Kier alpha value is -2.49. The molecule has 27 heavy (non-hydrogen) atoms. The molecule has 4 nitrogen and oxygen atoms in total. The van der Waals surface area contributed by atoms with Crippen molar-refractivity contribution in [3.05, 3.63) is 59.2 Å². The van der Waals surface area contributed by atoms with Gasteiger partial charge in [0, 0.05) is 12.0 Å². The number of para-hydroxylation sites is 1. The lowest BCUT2D eigenvalue weighted by atomic mass is 9.83. The second-order valence-electron chi connectivity index (χ2n) is 7.47. The quantitative estimate of drug-likeness (QED) is 0.791.